The van der Waals surface area contributed by atoms with Crippen molar-refractivity contribution in [1.29, 1.82) is 0 Å². The summed E-state index contributed by atoms with van der Waals surface area (Å²) in [6.07, 6.45) is 3.61. The Morgan fingerprint density at radius 1 is 1.60 bits per heavy atom. The number of halogens is 1. The van der Waals surface area contributed by atoms with Crippen LogP contribution in [0.15, 0.2) is 15.2 Å². The lowest BCUT2D eigenvalue weighted by Crippen LogP contribution is -2.29. The summed E-state index contributed by atoms with van der Waals surface area (Å²) in [5.74, 6) is 6.32. The lowest BCUT2D eigenvalue weighted by atomic mass is 9.95. The van der Waals surface area contributed by atoms with Crippen LogP contribution in [0.1, 0.15) is 44.7 Å². The summed E-state index contributed by atoms with van der Waals surface area (Å²) >= 11 is 5.19. The number of hydrogen-bond donors (Lipinski definition) is 2. The summed E-state index contributed by atoms with van der Waals surface area (Å²) < 4.78 is 1.17. The molecule has 1 rings (SSSR count). The van der Waals surface area contributed by atoms with Crippen LogP contribution < -0.4 is 11.3 Å². The van der Waals surface area contributed by atoms with Gasteiger partial charge < -0.3 is 0 Å². The van der Waals surface area contributed by atoms with E-state index in [0.717, 1.165) is 12.3 Å². The molecule has 0 aromatic carbocycles. The number of hydrogen-bond acceptors (Lipinski definition) is 3. The molecule has 2 nitrogen and oxygen atoms in total. The predicted octanol–water partition coefficient (Wildman–Crippen LogP) is 3.84. The van der Waals surface area contributed by atoms with Crippen molar-refractivity contribution in [3.05, 3.63) is 20.8 Å². The molecule has 4 heteroatoms. The fourth-order valence-corrected chi connectivity index (χ4v) is 3.05. The molecule has 0 saturated heterocycles. The smallest absolute Gasteiger partial charge is 0.0701 e. The van der Waals surface area contributed by atoms with E-state index in [2.05, 4.69) is 46.6 Å². The molecule has 3 N–H and O–H groups in total. The molecule has 0 bridgehead atoms. The summed E-state index contributed by atoms with van der Waals surface area (Å²) in [5, 5.41) is 2.16. The maximum Gasteiger partial charge on any atom is 0.0701 e. The number of thiophene rings is 1. The molecule has 0 spiro atoms. The molecule has 15 heavy (non-hydrogen) atoms. The van der Waals surface area contributed by atoms with Crippen molar-refractivity contribution in [1.82, 2.24) is 5.43 Å². The van der Waals surface area contributed by atoms with Gasteiger partial charge in [0, 0.05) is 6.04 Å². The zero-order valence-corrected chi connectivity index (χ0v) is 11.7. The van der Waals surface area contributed by atoms with Gasteiger partial charge in [-0.15, -0.1) is 11.3 Å². The second-order valence-corrected chi connectivity index (χ2v) is 6.32. The highest BCUT2D eigenvalue weighted by Crippen LogP contribution is 2.29. The molecule has 1 aromatic rings. The van der Waals surface area contributed by atoms with Gasteiger partial charge in [0.05, 0.1) is 3.79 Å². The second kappa shape index (κ2) is 6.63. The third-order valence-corrected chi connectivity index (χ3v) is 4.13. The van der Waals surface area contributed by atoms with Crippen molar-refractivity contribution in [3.63, 3.8) is 0 Å². The molecule has 1 heterocycles. The zero-order chi connectivity index (χ0) is 11.3. The molecule has 0 saturated carbocycles. The molecule has 0 fully saturated rings. The van der Waals surface area contributed by atoms with Crippen LogP contribution in [0.5, 0.6) is 0 Å². The van der Waals surface area contributed by atoms with Crippen LogP contribution >= 0.6 is 27.3 Å². The van der Waals surface area contributed by atoms with Crippen molar-refractivity contribution in [3.8, 4) is 0 Å². The van der Waals surface area contributed by atoms with Gasteiger partial charge in [-0.25, -0.2) is 0 Å². The van der Waals surface area contributed by atoms with Crippen molar-refractivity contribution >= 4 is 27.3 Å². The van der Waals surface area contributed by atoms with Gasteiger partial charge in [0.25, 0.3) is 0 Å². The van der Waals surface area contributed by atoms with Gasteiger partial charge >= 0.3 is 0 Å². The first-order chi connectivity index (χ1) is 7.17. The molecule has 2 atom stereocenters. The quantitative estimate of drug-likeness (QED) is 0.617. The monoisotopic (exact) mass is 290 g/mol. The van der Waals surface area contributed by atoms with Crippen LogP contribution in [-0.2, 0) is 0 Å². The molecule has 0 aliphatic heterocycles. The van der Waals surface area contributed by atoms with Crippen LogP contribution in [-0.4, -0.2) is 0 Å². The van der Waals surface area contributed by atoms with Gasteiger partial charge in [0.2, 0.25) is 0 Å². The Balaban J connectivity index is 2.56. The largest absolute Gasteiger partial charge is 0.271 e. The summed E-state index contributed by atoms with van der Waals surface area (Å²) in [6.45, 7) is 4.51. The highest BCUT2D eigenvalue weighted by molar-refractivity contribution is 9.11. The van der Waals surface area contributed by atoms with Gasteiger partial charge in [0.1, 0.15) is 0 Å². The lowest BCUT2D eigenvalue weighted by Gasteiger charge is -2.19. The van der Waals surface area contributed by atoms with E-state index in [-0.39, 0.29) is 6.04 Å². The van der Waals surface area contributed by atoms with E-state index in [0.29, 0.717) is 0 Å². The molecular formula is C11H19BrN2S. The van der Waals surface area contributed by atoms with E-state index in [4.69, 9.17) is 5.84 Å². The molecule has 0 aliphatic rings. The van der Waals surface area contributed by atoms with Crippen LogP contribution in [0.25, 0.3) is 0 Å². The van der Waals surface area contributed by atoms with E-state index in [1.165, 1.54) is 22.2 Å². The Labute approximate surface area is 104 Å². The van der Waals surface area contributed by atoms with E-state index in [9.17, 15) is 0 Å². The zero-order valence-electron chi connectivity index (χ0n) is 9.29. The third-order valence-electron chi connectivity index (χ3n) is 2.61. The Kier molecular flexibility index (Phi) is 5.82. The summed E-state index contributed by atoms with van der Waals surface area (Å²) in [7, 11) is 0. The second-order valence-electron chi connectivity index (χ2n) is 4.03. The highest BCUT2D eigenvalue weighted by Gasteiger charge is 2.14. The minimum absolute atomic E-state index is 0.286. The Morgan fingerprint density at radius 3 is 2.80 bits per heavy atom. The first-order valence-corrected chi connectivity index (χ1v) is 7.04. The van der Waals surface area contributed by atoms with E-state index in [1.54, 1.807) is 11.3 Å². The number of nitrogens with one attached hydrogen (secondary N) is 1. The lowest BCUT2D eigenvalue weighted by molar-refractivity contribution is 0.395. The molecule has 86 valence electrons. The fourth-order valence-electron chi connectivity index (χ4n) is 1.82. The Morgan fingerprint density at radius 2 is 2.33 bits per heavy atom. The molecule has 0 amide bonds. The van der Waals surface area contributed by atoms with Gasteiger partial charge in [0.15, 0.2) is 0 Å². The SMILES string of the molecule is CCCC(C)CC(NN)c1csc(Br)c1. The minimum atomic E-state index is 0.286. The number of nitrogens with two attached hydrogens (primary N) is 1. The van der Waals surface area contributed by atoms with Crippen LogP contribution in [0, 0.1) is 5.92 Å². The Hall–Kier alpha value is 0.100. The van der Waals surface area contributed by atoms with Crippen molar-refractivity contribution in [2.75, 3.05) is 0 Å². The predicted molar refractivity (Wildman–Crippen MR) is 70.8 cm³/mol. The summed E-state index contributed by atoms with van der Waals surface area (Å²) in [6, 6.07) is 2.43. The number of rotatable bonds is 6. The van der Waals surface area contributed by atoms with Gasteiger partial charge in [-0.2, -0.15) is 0 Å². The molecule has 1 aromatic heterocycles. The van der Waals surface area contributed by atoms with Gasteiger partial charge in [-0.05, 0) is 45.3 Å². The van der Waals surface area contributed by atoms with Crippen LogP contribution in [0.3, 0.4) is 0 Å². The molecular weight excluding hydrogens is 272 g/mol. The van der Waals surface area contributed by atoms with Crippen molar-refractivity contribution in [2.45, 2.75) is 39.2 Å². The first-order valence-electron chi connectivity index (χ1n) is 5.37. The number of hydrazine groups is 1. The first kappa shape index (κ1) is 13.2. The average Bonchev–Trinajstić information content (AvgIpc) is 2.61. The minimum Gasteiger partial charge on any atom is -0.271 e. The average molecular weight is 291 g/mol. The topological polar surface area (TPSA) is 38.0 Å². The summed E-state index contributed by atoms with van der Waals surface area (Å²) in [4.78, 5) is 0. The molecule has 0 aliphatic carbocycles. The highest BCUT2D eigenvalue weighted by atomic mass is 79.9. The standard InChI is InChI=1S/C11H19BrN2S/c1-3-4-8(2)5-10(14-13)9-6-11(12)15-7-9/h6-8,10,14H,3-5,13H2,1-2H3. The third kappa shape index (κ3) is 4.23. The van der Waals surface area contributed by atoms with E-state index in [1.807, 2.05) is 0 Å². The maximum absolute atomic E-state index is 5.60. The molecule has 0 radical (unpaired) electrons. The molecule has 2 unspecified atom stereocenters. The van der Waals surface area contributed by atoms with Gasteiger partial charge in [-0.3, -0.25) is 11.3 Å². The van der Waals surface area contributed by atoms with Crippen molar-refractivity contribution in [2.24, 2.45) is 11.8 Å². The summed E-state index contributed by atoms with van der Waals surface area (Å²) in [5.41, 5.74) is 4.20. The Bertz CT molecular complexity index is 288. The van der Waals surface area contributed by atoms with Crippen LogP contribution in [0.4, 0.5) is 0 Å². The van der Waals surface area contributed by atoms with Crippen LogP contribution in [0.2, 0.25) is 0 Å². The van der Waals surface area contributed by atoms with Crippen molar-refractivity contribution < 1.29 is 0 Å². The normalized spacial score (nSPS) is 15.2. The van der Waals surface area contributed by atoms with E-state index < -0.39 is 0 Å². The maximum atomic E-state index is 5.60. The fraction of sp³-hybridized carbons (Fsp3) is 0.636. The van der Waals surface area contributed by atoms with E-state index >= 15 is 0 Å². The van der Waals surface area contributed by atoms with Gasteiger partial charge in [-0.1, -0.05) is 26.7 Å².